The fourth-order valence-electron chi connectivity index (χ4n) is 6.66. The smallest absolute Gasteiger partial charge is 0.393 e. The van der Waals surface area contributed by atoms with Gasteiger partial charge in [-0.1, -0.05) is 18.6 Å². The lowest BCUT2D eigenvalue weighted by molar-refractivity contribution is -0.132. The molecule has 4 rings (SSSR count). The first-order valence-electron chi connectivity index (χ1n) is 9.68. The molecule has 0 amide bonds. The summed E-state index contributed by atoms with van der Waals surface area (Å²) in [5.41, 5.74) is 0.380. The minimum Gasteiger partial charge on any atom is -0.393 e. The number of carbonyl (C=O) groups is 1. The van der Waals surface area contributed by atoms with Crippen molar-refractivity contribution >= 4 is 16.2 Å². The van der Waals surface area contributed by atoms with Crippen molar-refractivity contribution in [2.45, 2.75) is 64.4 Å². The zero-order chi connectivity index (χ0) is 18.7. The molecule has 0 aromatic heterocycles. The molecule has 0 heterocycles. The van der Waals surface area contributed by atoms with Crippen molar-refractivity contribution in [1.82, 2.24) is 0 Å². The van der Waals surface area contributed by atoms with E-state index in [9.17, 15) is 18.3 Å². The molecule has 7 heteroatoms. The normalized spacial score (nSPS) is 45.5. The van der Waals surface area contributed by atoms with Crippen LogP contribution in [0.5, 0.6) is 0 Å². The van der Waals surface area contributed by atoms with Crippen LogP contribution >= 0.6 is 0 Å². The van der Waals surface area contributed by atoms with E-state index in [1.54, 1.807) is 0 Å². The van der Waals surface area contributed by atoms with Gasteiger partial charge in [0, 0.05) is 17.3 Å². The van der Waals surface area contributed by atoms with Gasteiger partial charge in [0.05, 0.1) is 12.7 Å². The summed E-state index contributed by atoms with van der Waals surface area (Å²) in [5.74, 6) is 1.28. The maximum absolute atomic E-state index is 12.5. The largest absolute Gasteiger partial charge is 0.397 e. The summed E-state index contributed by atoms with van der Waals surface area (Å²) in [4.78, 5) is 12.5. The summed E-state index contributed by atoms with van der Waals surface area (Å²) < 4.78 is 36.6. The Kier molecular flexibility index (Phi) is 4.38. The van der Waals surface area contributed by atoms with Crippen LogP contribution in [-0.4, -0.2) is 36.6 Å². The van der Waals surface area contributed by atoms with Gasteiger partial charge in [-0.15, -0.1) is 0 Å². The first-order chi connectivity index (χ1) is 12.2. The SMILES string of the molecule is C[C@@]12CC[C@@H]3[C@H](CC=C4C[C@@H](O)CC[C@@]43COS(=O)(=O)O)[C@H]1CCC2=O. The maximum Gasteiger partial charge on any atom is 0.397 e. The van der Waals surface area contributed by atoms with Gasteiger partial charge in [0.25, 0.3) is 0 Å². The van der Waals surface area contributed by atoms with E-state index in [1.807, 2.05) is 0 Å². The lowest BCUT2D eigenvalue weighted by Gasteiger charge is -2.57. The molecule has 0 aliphatic heterocycles. The van der Waals surface area contributed by atoms with E-state index in [0.29, 0.717) is 43.3 Å². The number of aliphatic hydroxyl groups is 1. The molecular formula is C19H28O6S. The van der Waals surface area contributed by atoms with Gasteiger partial charge in [-0.25, -0.2) is 4.18 Å². The summed E-state index contributed by atoms with van der Waals surface area (Å²) in [6.07, 6.45) is 7.71. The van der Waals surface area contributed by atoms with Gasteiger partial charge >= 0.3 is 10.4 Å². The van der Waals surface area contributed by atoms with Crippen LogP contribution < -0.4 is 0 Å². The number of hydrogen-bond donors (Lipinski definition) is 2. The molecule has 6 atom stereocenters. The average Bonchev–Trinajstić information content (AvgIpc) is 2.88. The molecular weight excluding hydrogens is 356 g/mol. The summed E-state index contributed by atoms with van der Waals surface area (Å²) >= 11 is 0. The summed E-state index contributed by atoms with van der Waals surface area (Å²) in [6, 6.07) is 0. The number of hydrogen-bond acceptors (Lipinski definition) is 5. The molecule has 3 fully saturated rings. The minimum absolute atomic E-state index is 0.0665. The third kappa shape index (κ3) is 2.79. The van der Waals surface area contributed by atoms with Crippen LogP contribution in [0.2, 0.25) is 0 Å². The molecule has 0 aromatic rings. The van der Waals surface area contributed by atoms with Crippen molar-refractivity contribution in [3.8, 4) is 0 Å². The molecule has 0 saturated heterocycles. The number of rotatable bonds is 3. The molecule has 0 unspecified atom stereocenters. The van der Waals surface area contributed by atoms with E-state index in [2.05, 4.69) is 13.0 Å². The Balaban J connectivity index is 1.71. The Morgan fingerprint density at radius 1 is 1.23 bits per heavy atom. The number of allylic oxidation sites excluding steroid dienone is 1. The molecule has 0 aromatic carbocycles. The lowest BCUT2D eigenvalue weighted by atomic mass is 9.47. The molecule has 0 bridgehead atoms. The standard InChI is InChI=1S/C19H28O6S/c1-18-8-7-16-14(15(18)4-5-17(18)21)3-2-12-10-13(20)6-9-19(12,16)11-25-26(22,23)24/h2,13-16,20H,3-11H2,1H3,(H,22,23,24)/t13-,14+,15+,16+,18+,19+/m0/s1. The van der Waals surface area contributed by atoms with Gasteiger partial charge in [0.1, 0.15) is 5.78 Å². The van der Waals surface area contributed by atoms with E-state index < -0.39 is 21.9 Å². The quantitative estimate of drug-likeness (QED) is 0.573. The third-order valence-electron chi connectivity index (χ3n) is 7.98. The van der Waals surface area contributed by atoms with Crippen molar-refractivity contribution in [2.24, 2.45) is 28.6 Å². The second-order valence-electron chi connectivity index (χ2n) is 9.00. The van der Waals surface area contributed by atoms with Crippen LogP contribution in [0.1, 0.15) is 58.3 Å². The zero-order valence-corrected chi connectivity index (χ0v) is 16.0. The van der Waals surface area contributed by atoms with Crippen LogP contribution in [0.3, 0.4) is 0 Å². The average molecular weight is 384 g/mol. The summed E-state index contributed by atoms with van der Waals surface area (Å²) in [7, 11) is -4.51. The number of aliphatic hydroxyl groups excluding tert-OH is 1. The van der Waals surface area contributed by atoms with Crippen LogP contribution in [0.15, 0.2) is 11.6 Å². The first kappa shape index (κ1) is 18.6. The van der Waals surface area contributed by atoms with Gasteiger partial charge in [0.15, 0.2) is 0 Å². The first-order valence-corrected chi connectivity index (χ1v) is 11.0. The Morgan fingerprint density at radius 3 is 2.73 bits per heavy atom. The lowest BCUT2D eigenvalue weighted by Crippen LogP contribution is -2.53. The molecule has 4 aliphatic rings. The Bertz CT molecular complexity index is 743. The second-order valence-corrected chi connectivity index (χ2v) is 10.1. The van der Waals surface area contributed by atoms with Crippen molar-refractivity contribution in [1.29, 1.82) is 0 Å². The van der Waals surface area contributed by atoms with Crippen molar-refractivity contribution in [3.05, 3.63) is 11.6 Å². The van der Waals surface area contributed by atoms with E-state index >= 15 is 0 Å². The van der Waals surface area contributed by atoms with Gasteiger partial charge in [-0.05, 0) is 62.7 Å². The molecule has 0 radical (unpaired) electrons. The Morgan fingerprint density at radius 2 is 2.00 bits per heavy atom. The van der Waals surface area contributed by atoms with E-state index in [4.69, 9.17) is 8.74 Å². The molecule has 6 nitrogen and oxygen atoms in total. The summed E-state index contributed by atoms with van der Waals surface area (Å²) in [5, 5.41) is 10.1. The van der Waals surface area contributed by atoms with Gasteiger partial charge in [-0.2, -0.15) is 8.42 Å². The second kappa shape index (κ2) is 6.12. The highest BCUT2D eigenvalue weighted by atomic mass is 32.3. The predicted octanol–water partition coefficient (Wildman–Crippen LogP) is 2.68. The maximum atomic E-state index is 12.5. The highest BCUT2D eigenvalue weighted by molar-refractivity contribution is 7.80. The van der Waals surface area contributed by atoms with Gasteiger partial charge < -0.3 is 5.11 Å². The fourth-order valence-corrected chi connectivity index (χ4v) is 7.02. The van der Waals surface area contributed by atoms with Gasteiger partial charge in [-0.3, -0.25) is 9.35 Å². The highest BCUT2D eigenvalue weighted by Gasteiger charge is 2.60. The third-order valence-corrected chi connectivity index (χ3v) is 8.39. The monoisotopic (exact) mass is 384 g/mol. The van der Waals surface area contributed by atoms with Crippen molar-refractivity contribution in [3.63, 3.8) is 0 Å². The zero-order valence-electron chi connectivity index (χ0n) is 15.2. The Labute approximate surface area is 155 Å². The van der Waals surface area contributed by atoms with Crippen molar-refractivity contribution in [2.75, 3.05) is 6.61 Å². The fraction of sp³-hybridized carbons (Fsp3) is 0.842. The van der Waals surface area contributed by atoms with E-state index in [1.165, 1.54) is 0 Å². The van der Waals surface area contributed by atoms with E-state index in [-0.39, 0.29) is 17.9 Å². The Hall–Kier alpha value is -0.760. The number of ketones is 1. The predicted molar refractivity (Wildman–Crippen MR) is 94.5 cm³/mol. The molecule has 4 aliphatic carbocycles. The number of fused-ring (bicyclic) bond motifs is 5. The van der Waals surface area contributed by atoms with Crippen LogP contribution in [0.25, 0.3) is 0 Å². The van der Waals surface area contributed by atoms with E-state index in [0.717, 1.165) is 31.3 Å². The summed E-state index contributed by atoms with van der Waals surface area (Å²) in [6.45, 7) is 2.04. The minimum atomic E-state index is -4.51. The molecule has 3 saturated carbocycles. The molecule has 26 heavy (non-hydrogen) atoms. The van der Waals surface area contributed by atoms with Crippen molar-refractivity contribution < 1.29 is 27.1 Å². The van der Waals surface area contributed by atoms with Crippen LogP contribution in [0, 0.1) is 28.6 Å². The van der Waals surface area contributed by atoms with Crippen LogP contribution in [0.4, 0.5) is 0 Å². The van der Waals surface area contributed by atoms with Crippen LogP contribution in [-0.2, 0) is 19.4 Å². The van der Waals surface area contributed by atoms with Gasteiger partial charge in [0.2, 0.25) is 0 Å². The topological polar surface area (TPSA) is 101 Å². The number of carbonyl (C=O) groups excluding carboxylic acids is 1. The molecule has 146 valence electrons. The highest BCUT2D eigenvalue weighted by Crippen LogP contribution is 2.64. The molecule has 0 spiro atoms. The number of Topliss-reactive ketones (excluding diaryl/α,β-unsaturated/α-hetero) is 1. The molecule has 2 N–H and O–H groups in total.